The van der Waals surface area contributed by atoms with Gasteiger partial charge in [0, 0.05) is 16.7 Å². The third-order valence-corrected chi connectivity index (χ3v) is 2.70. The number of esters is 1. The number of hydrogen-bond acceptors (Lipinski definition) is 5. The highest BCUT2D eigenvalue weighted by molar-refractivity contribution is 9.10. The number of benzene rings is 1. The first kappa shape index (κ1) is 16.2. The average Bonchev–Trinajstić information content (AvgIpc) is 2.43. The Morgan fingerprint density at radius 3 is 2.80 bits per heavy atom. The molecule has 108 valence electrons. The van der Waals surface area contributed by atoms with Crippen molar-refractivity contribution in [2.75, 3.05) is 25.6 Å². The van der Waals surface area contributed by atoms with Crippen molar-refractivity contribution in [3.63, 3.8) is 0 Å². The van der Waals surface area contributed by atoms with E-state index in [9.17, 15) is 9.59 Å². The fourth-order valence-corrected chi connectivity index (χ4v) is 1.72. The van der Waals surface area contributed by atoms with E-state index in [0.717, 1.165) is 10.5 Å². The summed E-state index contributed by atoms with van der Waals surface area (Å²) in [7, 11) is 1.22. The Morgan fingerprint density at radius 1 is 1.45 bits per heavy atom. The molecule has 0 aromatic heterocycles. The van der Waals surface area contributed by atoms with E-state index in [1.807, 2.05) is 6.07 Å². The van der Waals surface area contributed by atoms with Crippen LogP contribution in [0.4, 0.5) is 5.69 Å². The Labute approximate surface area is 124 Å². The van der Waals surface area contributed by atoms with E-state index in [1.54, 1.807) is 18.2 Å². The van der Waals surface area contributed by atoms with Gasteiger partial charge >= 0.3 is 5.97 Å². The van der Waals surface area contributed by atoms with Crippen LogP contribution in [-0.4, -0.2) is 37.2 Å². The number of ether oxygens (including phenoxy) is 1. The van der Waals surface area contributed by atoms with Gasteiger partial charge in [-0.15, -0.1) is 0 Å². The highest BCUT2D eigenvalue weighted by Gasteiger charge is 2.12. The molecule has 1 aromatic rings. The normalized spacial score (nSPS) is 10.8. The second-order valence-electron chi connectivity index (χ2n) is 3.70. The van der Waals surface area contributed by atoms with Gasteiger partial charge in [-0.05, 0) is 18.2 Å². The van der Waals surface area contributed by atoms with Crippen molar-refractivity contribution in [1.82, 2.24) is 5.32 Å². The van der Waals surface area contributed by atoms with Gasteiger partial charge in [-0.25, -0.2) is 4.79 Å². The van der Waals surface area contributed by atoms with Gasteiger partial charge in [0.25, 0.3) is 5.91 Å². The number of aliphatic hydroxyl groups excluding tert-OH is 1. The van der Waals surface area contributed by atoms with Crippen LogP contribution in [0.1, 0.15) is 0 Å². The van der Waals surface area contributed by atoms with E-state index in [1.165, 1.54) is 7.11 Å². The van der Waals surface area contributed by atoms with Gasteiger partial charge in [-0.2, -0.15) is 0 Å². The van der Waals surface area contributed by atoms with E-state index in [-0.39, 0.29) is 18.8 Å². The Morgan fingerprint density at radius 2 is 2.20 bits per heavy atom. The predicted octanol–water partition coefficient (Wildman–Crippen LogP) is 1.03. The highest BCUT2D eigenvalue weighted by Crippen LogP contribution is 2.17. The molecule has 0 saturated heterocycles. The van der Waals surface area contributed by atoms with Crippen molar-refractivity contribution in [3.8, 4) is 0 Å². The van der Waals surface area contributed by atoms with Crippen molar-refractivity contribution >= 4 is 33.5 Å². The number of methoxy groups -OCH3 is 1. The first-order valence-electron chi connectivity index (χ1n) is 5.78. The van der Waals surface area contributed by atoms with Crippen molar-refractivity contribution in [1.29, 1.82) is 0 Å². The molecule has 1 aromatic carbocycles. The molecule has 0 radical (unpaired) electrons. The molecule has 7 heteroatoms. The fraction of sp³-hybridized carbons (Fsp3) is 0.231. The summed E-state index contributed by atoms with van der Waals surface area (Å²) in [6.07, 6.45) is 1.05. The Kier molecular flexibility index (Phi) is 6.75. The third-order valence-electron chi connectivity index (χ3n) is 2.21. The van der Waals surface area contributed by atoms with Crippen molar-refractivity contribution in [3.05, 3.63) is 40.5 Å². The molecule has 1 rings (SSSR count). The minimum Gasteiger partial charge on any atom is -0.466 e. The number of anilines is 1. The molecule has 0 saturated carbocycles. The van der Waals surface area contributed by atoms with E-state index in [0.29, 0.717) is 5.69 Å². The SMILES string of the molecule is COC(=O)/C=C(\Nc1cccc(Br)c1)C(=O)NCCO. The number of carbonyl (C=O) groups is 2. The summed E-state index contributed by atoms with van der Waals surface area (Å²) < 4.78 is 5.33. The van der Waals surface area contributed by atoms with Crippen LogP contribution in [0, 0.1) is 0 Å². The zero-order chi connectivity index (χ0) is 15.0. The number of rotatable bonds is 6. The Hall–Kier alpha value is -1.86. The summed E-state index contributed by atoms with van der Waals surface area (Å²) in [5.41, 5.74) is 0.664. The summed E-state index contributed by atoms with van der Waals surface area (Å²) in [5, 5.41) is 14.0. The van der Waals surface area contributed by atoms with Crippen molar-refractivity contribution < 1.29 is 19.4 Å². The van der Waals surface area contributed by atoms with Crippen LogP contribution in [0.3, 0.4) is 0 Å². The topological polar surface area (TPSA) is 87.7 Å². The Bertz CT molecular complexity index is 517. The summed E-state index contributed by atoms with van der Waals surface area (Å²) >= 11 is 3.31. The quantitative estimate of drug-likeness (QED) is 0.530. The van der Waals surface area contributed by atoms with Crippen LogP contribution in [0.25, 0.3) is 0 Å². The first-order chi connectivity index (χ1) is 9.56. The molecule has 6 nitrogen and oxygen atoms in total. The molecular weight excluding hydrogens is 328 g/mol. The summed E-state index contributed by atoms with van der Waals surface area (Å²) in [5.74, 6) is -1.16. The number of amides is 1. The van der Waals surface area contributed by atoms with Gasteiger partial charge in [0.2, 0.25) is 0 Å². The lowest BCUT2D eigenvalue weighted by molar-refractivity contribution is -0.135. The predicted molar refractivity (Wildman–Crippen MR) is 78.0 cm³/mol. The van der Waals surface area contributed by atoms with Crippen LogP contribution >= 0.6 is 15.9 Å². The van der Waals surface area contributed by atoms with E-state index in [2.05, 4.69) is 31.3 Å². The van der Waals surface area contributed by atoms with Gasteiger partial charge < -0.3 is 20.5 Å². The van der Waals surface area contributed by atoms with Crippen LogP contribution in [0.15, 0.2) is 40.5 Å². The standard InChI is InChI=1S/C13H15BrN2O4/c1-20-12(18)8-11(13(19)15-5-6-17)16-10-4-2-3-9(14)7-10/h2-4,7-8,16-17H,5-6H2,1H3,(H,15,19)/b11-8-. The van der Waals surface area contributed by atoms with Gasteiger partial charge in [-0.1, -0.05) is 22.0 Å². The van der Waals surface area contributed by atoms with Gasteiger partial charge in [0.15, 0.2) is 0 Å². The van der Waals surface area contributed by atoms with E-state index in [4.69, 9.17) is 5.11 Å². The summed E-state index contributed by atoms with van der Waals surface area (Å²) in [6, 6.07) is 7.12. The molecule has 0 atom stereocenters. The minimum atomic E-state index is -0.651. The highest BCUT2D eigenvalue weighted by atomic mass is 79.9. The van der Waals surface area contributed by atoms with Crippen LogP contribution in [0.2, 0.25) is 0 Å². The maximum absolute atomic E-state index is 11.9. The fourth-order valence-electron chi connectivity index (χ4n) is 1.32. The molecular formula is C13H15BrN2O4. The molecule has 0 aliphatic carbocycles. The second kappa shape index (κ2) is 8.34. The van der Waals surface area contributed by atoms with Crippen LogP contribution in [0.5, 0.6) is 0 Å². The number of halogens is 1. The molecule has 0 aliphatic heterocycles. The lowest BCUT2D eigenvalue weighted by atomic mass is 10.3. The molecule has 20 heavy (non-hydrogen) atoms. The van der Waals surface area contributed by atoms with Crippen molar-refractivity contribution in [2.45, 2.75) is 0 Å². The zero-order valence-electron chi connectivity index (χ0n) is 10.9. The van der Waals surface area contributed by atoms with E-state index < -0.39 is 11.9 Å². The molecule has 0 aliphatic rings. The Balaban J connectivity index is 2.90. The van der Waals surface area contributed by atoms with Gasteiger partial charge in [0.05, 0.1) is 19.8 Å². The maximum Gasteiger partial charge on any atom is 0.332 e. The van der Waals surface area contributed by atoms with E-state index >= 15 is 0 Å². The minimum absolute atomic E-state index is 0.0309. The van der Waals surface area contributed by atoms with Gasteiger partial charge in [0.1, 0.15) is 5.70 Å². The summed E-state index contributed by atoms with van der Waals surface area (Å²) in [4.78, 5) is 23.2. The monoisotopic (exact) mass is 342 g/mol. The number of nitrogens with one attached hydrogen (secondary N) is 2. The zero-order valence-corrected chi connectivity index (χ0v) is 12.4. The van der Waals surface area contributed by atoms with Gasteiger partial charge in [-0.3, -0.25) is 4.79 Å². The van der Waals surface area contributed by atoms with Crippen LogP contribution < -0.4 is 10.6 Å². The number of carbonyl (C=O) groups excluding carboxylic acids is 2. The number of aliphatic hydroxyl groups is 1. The van der Waals surface area contributed by atoms with Crippen molar-refractivity contribution in [2.24, 2.45) is 0 Å². The molecule has 3 N–H and O–H groups in total. The molecule has 0 bridgehead atoms. The average molecular weight is 343 g/mol. The molecule has 1 amide bonds. The second-order valence-corrected chi connectivity index (χ2v) is 4.61. The molecule has 0 spiro atoms. The molecule has 0 heterocycles. The maximum atomic E-state index is 11.9. The largest absolute Gasteiger partial charge is 0.466 e. The molecule has 0 unspecified atom stereocenters. The summed E-state index contributed by atoms with van der Waals surface area (Å²) in [6.45, 7) is -0.0916. The number of hydrogen-bond donors (Lipinski definition) is 3. The smallest absolute Gasteiger partial charge is 0.332 e. The lowest BCUT2D eigenvalue weighted by Gasteiger charge is -2.11. The first-order valence-corrected chi connectivity index (χ1v) is 6.57. The lowest BCUT2D eigenvalue weighted by Crippen LogP contribution is -2.31. The molecule has 0 fully saturated rings. The van der Waals surface area contributed by atoms with Crippen LogP contribution in [-0.2, 0) is 14.3 Å². The third kappa shape index (κ3) is 5.41.